The van der Waals surface area contributed by atoms with Crippen LogP contribution >= 0.6 is 23.2 Å². The minimum atomic E-state index is -0.0861. The largest absolute Gasteiger partial charge is 0.484 e. The Kier molecular flexibility index (Phi) is 7.15. The van der Waals surface area contributed by atoms with E-state index in [4.69, 9.17) is 27.9 Å². The molecule has 1 amide bonds. The van der Waals surface area contributed by atoms with E-state index in [1.165, 1.54) is 0 Å². The van der Waals surface area contributed by atoms with Gasteiger partial charge in [0.15, 0.2) is 6.61 Å². The number of rotatable bonds is 7. The number of fused-ring (bicyclic) bond motifs is 1. The summed E-state index contributed by atoms with van der Waals surface area (Å²) in [4.78, 5) is 16.8. The van der Waals surface area contributed by atoms with Gasteiger partial charge >= 0.3 is 0 Å². The molecule has 3 aromatic rings. The first-order valence-electron chi connectivity index (χ1n) is 10.5. The topological polar surface area (TPSA) is 63.2 Å². The van der Waals surface area contributed by atoms with Crippen LogP contribution in [0.1, 0.15) is 25.7 Å². The van der Waals surface area contributed by atoms with E-state index in [-0.39, 0.29) is 18.6 Å². The summed E-state index contributed by atoms with van der Waals surface area (Å²) < 4.78 is 5.52. The standard InChI is InChI=1S/C24H25Cl2N3O2/c25-18-4-9-21(10-5-18)31-15-24(30)28-20-7-1-16(2-8-20)14-27-23-12-3-17-13-19(26)6-11-22(17)29-23/h3-6,9-13,16,20H,1-2,7-8,14-15H2,(H,27,29)(H,28,30). The van der Waals surface area contributed by atoms with Gasteiger partial charge in [0, 0.05) is 28.0 Å². The molecule has 1 fully saturated rings. The molecular formula is C24H25Cl2N3O2. The first-order chi connectivity index (χ1) is 15.0. The number of anilines is 1. The highest BCUT2D eigenvalue weighted by Crippen LogP contribution is 2.25. The van der Waals surface area contributed by atoms with Crippen molar-refractivity contribution < 1.29 is 9.53 Å². The molecule has 0 aliphatic heterocycles. The summed E-state index contributed by atoms with van der Waals surface area (Å²) in [7, 11) is 0. The predicted molar refractivity (Wildman–Crippen MR) is 126 cm³/mol. The summed E-state index contributed by atoms with van der Waals surface area (Å²) >= 11 is 11.9. The van der Waals surface area contributed by atoms with Crippen LogP contribution in [-0.4, -0.2) is 30.1 Å². The van der Waals surface area contributed by atoms with Crippen molar-refractivity contribution in [2.75, 3.05) is 18.5 Å². The number of benzene rings is 2. The van der Waals surface area contributed by atoms with Crippen LogP contribution in [0.5, 0.6) is 5.75 Å². The van der Waals surface area contributed by atoms with E-state index < -0.39 is 0 Å². The fraction of sp³-hybridized carbons (Fsp3) is 0.333. The van der Waals surface area contributed by atoms with Gasteiger partial charge in [-0.05, 0) is 86.2 Å². The van der Waals surface area contributed by atoms with Crippen LogP contribution in [0.2, 0.25) is 10.0 Å². The lowest BCUT2D eigenvalue weighted by Crippen LogP contribution is -2.40. The summed E-state index contributed by atoms with van der Waals surface area (Å²) in [5.41, 5.74) is 0.932. The van der Waals surface area contributed by atoms with Crippen molar-refractivity contribution in [2.24, 2.45) is 5.92 Å². The zero-order valence-corrected chi connectivity index (χ0v) is 18.6. The predicted octanol–water partition coefficient (Wildman–Crippen LogP) is 5.71. The second kappa shape index (κ2) is 10.2. The van der Waals surface area contributed by atoms with Crippen LogP contribution in [0, 0.1) is 5.92 Å². The van der Waals surface area contributed by atoms with Crippen molar-refractivity contribution in [1.29, 1.82) is 0 Å². The number of amides is 1. The van der Waals surface area contributed by atoms with E-state index in [0.29, 0.717) is 16.7 Å². The van der Waals surface area contributed by atoms with E-state index >= 15 is 0 Å². The molecule has 2 N–H and O–H groups in total. The maximum atomic E-state index is 12.2. The molecule has 5 nitrogen and oxygen atoms in total. The van der Waals surface area contributed by atoms with Crippen molar-refractivity contribution in [3.63, 3.8) is 0 Å². The average Bonchev–Trinajstić information content (AvgIpc) is 2.78. The van der Waals surface area contributed by atoms with Gasteiger partial charge in [0.25, 0.3) is 5.91 Å². The number of aromatic nitrogens is 1. The minimum Gasteiger partial charge on any atom is -0.484 e. The van der Waals surface area contributed by atoms with Gasteiger partial charge in [0.05, 0.1) is 5.52 Å². The normalized spacial score (nSPS) is 18.5. The lowest BCUT2D eigenvalue weighted by Gasteiger charge is -2.29. The molecule has 0 atom stereocenters. The maximum Gasteiger partial charge on any atom is 0.258 e. The van der Waals surface area contributed by atoms with E-state index in [9.17, 15) is 4.79 Å². The molecule has 162 valence electrons. The van der Waals surface area contributed by atoms with Crippen molar-refractivity contribution in [3.8, 4) is 5.75 Å². The van der Waals surface area contributed by atoms with Gasteiger partial charge in [-0.3, -0.25) is 4.79 Å². The molecule has 1 heterocycles. The van der Waals surface area contributed by atoms with Crippen LogP contribution in [0.3, 0.4) is 0 Å². The summed E-state index contributed by atoms with van der Waals surface area (Å²) in [6.45, 7) is 0.897. The second-order valence-corrected chi connectivity index (χ2v) is 8.82. The number of carbonyl (C=O) groups is 1. The van der Waals surface area contributed by atoms with Gasteiger partial charge in [-0.15, -0.1) is 0 Å². The van der Waals surface area contributed by atoms with Gasteiger partial charge in [0.1, 0.15) is 11.6 Å². The number of ether oxygens (including phenoxy) is 1. The summed E-state index contributed by atoms with van der Waals surface area (Å²) in [5, 5.41) is 8.94. The molecule has 31 heavy (non-hydrogen) atoms. The Morgan fingerprint density at radius 2 is 1.71 bits per heavy atom. The van der Waals surface area contributed by atoms with E-state index in [0.717, 1.165) is 54.0 Å². The molecule has 1 aromatic heterocycles. The fourth-order valence-corrected chi connectivity index (χ4v) is 4.21. The number of carbonyl (C=O) groups excluding carboxylic acids is 1. The second-order valence-electron chi connectivity index (χ2n) is 7.94. The Morgan fingerprint density at radius 1 is 0.968 bits per heavy atom. The Labute approximate surface area is 192 Å². The molecule has 2 aromatic carbocycles. The number of nitrogens with one attached hydrogen (secondary N) is 2. The molecule has 1 aliphatic carbocycles. The van der Waals surface area contributed by atoms with Crippen LogP contribution < -0.4 is 15.4 Å². The molecule has 4 rings (SSSR count). The Hall–Kier alpha value is -2.50. The van der Waals surface area contributed by atoms with Gasteiger partial charge in [-0.2, -0.15) is 0 Å². The van der Waals surface area contributed by atoms with Crippen LogP contribution in [-0.2, 0) is 4.79 Å². The maximum absolute atomic E-state index is 12.2. The minimum absolute atomic E-state index is 0.0158. The van der Waals surface area contributed by atoms with Gasteiger partial charge in [-0.1, -0.05) is 23.2 Å². The van der Waals surface area contributed by atoms with Gasteiger partial charge in [-0.25, -0.2) is 4.98 Å². The molecule has 0 spiro atoms. The third kappa shape index (κ3) is 6.25. The first kappa shape index (κ1) is 21.7. The third-order valence-corrected chi connectivity index (χ3v) is 6.11. The SMILES string of the molecule is O=C(COc1ccc(Cl)cc1)NC1CCC(CNc2ccc3cc(Cl)ccc3n2)CC1. The molecule has 0 saturated heterocycles. The molecular weight excluding hydrogens is 433 g/mol. The number of pyridine rings is 1. The third-order valence-electron chi connectivity index (χ3n) is 5.62. The number of nitrogens with zero attached hydrogens (tertiary/aromatic N) is 1. The zero-order chi connectivity index (χ0) is 21.6. The average molecular weight is 458 g/mol. The number of hydrogen-bond acceptors (Lipinski definition) is 4. The van der Waals surface area contributed by atoms with Crippen molar-refractivity contribution in [3.05, 3.63) is 64.6 Å². The highest BCUT2D eigenvalue weighted by atomic mass is 35.5. The molecule has 0 bridgehead atoms. The van der Waals surface area contributed by atoms with Crippen molar-refractivity contribution in [1.82, 2.24) is 10.3 Å². The van der Waals surface area contributed by atoms with E-state index in [1.807, 2.05) is 30.3 Å². The van der Waals surface area contributed by atoms with Crippen LogP contribution in [0.25, 0.3) is 10.9 Å². The fourth-order valence-electron chi connectivity index (χ4n) is 3.90. The Bertz CT molecular complexity index is 1030. The Balaban J connectivity index is 1.18. The highest BCUT2D eigenvalue weighted by Gasteiger charge is 2.22. The van der Waals surface area contributed by atoms with Crippen LogP contribution in [0.4, 0.5) is 5.82 Å². The summed E-state index contributed by atoms with van der Waals surface area (Å²) in [6, 6.07) is 17.0. The monoisotopic (exact) mass is 457 g/mol. The van der Waals surface area contributed by atoms with Gasteiger partial charge in [0.2, 0.25) is 0 Å². The smallest absolute Gasteiger partial charge is 0.258 e. The van der Waals surface area contributed by atoms with E-state index in [1.54, 1.807) is 24.3 Å². The van der Waals surface area contributed by atoms with Crippen molar-refractivity contribution in [2.45, 2.75) is 31.7 Å². The quantitative estimate of drug-likeness (QED) is 0.476. The Morgan fingerprint density at radius 3 is 2.48 bits per heavy atom. The number of hydrogen-bond donors (Lipinski definition) is 2. The van der Waals surface area contributed by atoms with E-state index in [2.05, 4.69) is 15.6 Å². The first-order valence-corrected chi connectivity index (χ1v) is 11.3. The lowest BCUT2D eigenvalue weighted by molar-refractivity contribution is -0.124. The number of halogens is 2. The lowest BCUT2D eigenvalue weighted by atomic mass is 9.86. The van der Waals surface area contributed by atoms with Gasteiger partial charge < -0.3 is 15.4 Å². The highest BCUT2D eigenvalue weighted by molar-refractivity contribution is 6.31. The molecule has 0 radical (unpaired) electrons. The molecule has 1 aliphatic rings. The zero-order valence-electron chi connectivity index (χ0n) is 17.1. The molecule has 7 heteroatoms. The summed E-state index contributed by atoms with van der Waals surface area (Å²) in [6.07, 6.45) is 4.09. The van der Waals surface area contributed by atoms with Crippen LogP contribution in [0.15, 0.2) is 54.6 Å². The molecule has 0 unspecified atom stereocenters. The van der Waals surface area contributed by atoms with Crippen molar-refractivity contribution >= 4 is 45.8 Å². The summed E-state index contributed by atoms with van der Waals surface area (Å²) in [5.74, 6) is 2.00. The molecule has 1 saturated carbocycles.